The molecule has 0 bridgehead atoms. The summed E-state index contributed by atoms with van der Waals surface area (Å²) in [6.45, 7) is 7.38. The summed E-state index contributed by atoms with van der Waals surface area (Å²) in [5.41, 5.74) is -0.592. The minimum Gasteiger partial charge on any atom is -0.390 e. The van der Waals surface area contributed by atoms with Gasteiger partial charge in [-0.3, -0.25) is 0 Å². The molecule has 1 aliphatic heterocycles. The van der Waals surface area contributed by atoms with E-state index in [-0.39, 0.29) is 0 Å². The molecule has 1 heterocycles. The fourth-order valence-electron chi connectivity index (χ4n) is 1.64. The van der Waals surface area contributed by atoms with Crippen LogP contribution in [-0.2, 0) is 4.74 Å². The van der Waals surface area contributed by atoms with Crippen molar-refractivity contribution in [3.05, 3.63) is 0 Å². The molecule has 84 valence electrons. The highest BCUT2D eigenvalue weighted by atomic mass is 16.5. The van der Waals surface area contributed by atoms with E-state index in [9.17, 15) is 5.11 Å². The first kappa shape index (κ1) is 12.0. The van der Waals surface area contributed by atoms with Crippen molar-refractivity contribution in [2.75, 3.05) is 26.3 Å². The van der Waals surface area contributed by atoms with E-state index in [2.05, 4.69) is 5.32 Å². The lowest BCUT2D eigenvalue weighted by Crippen LogP contribution is -2.32. The zero-order chi connectivity index (χ0) is 10.4. The van der Waals surface area contributed by atoms with Gasteiger partial charge in [-0.15, -0.1) is 0 Å². The topological polar surface area (TPSA) is 41.5 Å². The number of piperidine rings is 1. The number of nitrogens with one attached hydrogen (secondary N) is 1. The third kappa shape index (κ3) is 5.58. The SMILES string of the molecule is CC(C)(O)CCOCC1CCCNC1. The molecule has 0 amide bonds. The Labute approximate surface area is 86.8 Å². The molecule has 0 aromatic heterocycles. The van der Waals surface area contributed by atoms with Gasteiger partial charge in [-0.1, -0.05) is 0 Å². The van der Waals surface area contributed by atoms with Gasteiger partial charge in [0.05, 0.1) is 12.2 Å². The van der Waals surface area contributed by atoms with Gasteiger partial charge in [-0.05, 0) is 45.6 Å². The van der Waals surface area contributed by atoms with Crippen LogP contribution in [0, 0.1) is 5.92 Å². The van der Waals surface area contributed by atoms with E-state index in [0.29, 0.717) is 18.9 Å². The van der Waals surface area contributed by atoms with Crippen LogP contribution in [0.5, 0.6) is 0 Å². The average Bonchev–Trinajstić information content (AvgIpc) is 2.13. The van der Waals surface area contributed by atoms with E-state index < -0.39 is 5.60 Å². The van der Waals surface area contributed by atoms with Gasteiger partial charge >= 0.3 is 0 Å². The van der Waals surface area contributed by atoms with E-state index in [1.165, 1.54) is 12.8 Å². The predicted octanol–water partition coefficient (Wildman–Crippen LogP) is 1.16. The second-order valence-corrected chi connectivity index (χ2v) is 4.85. The van der Waals surface area contributed by atoms with Gasteiger partial charge in [-0.25, -0.2) is 0 Å². The average molecular weight is 201 g/mol. The molecule has 1 unspecified atom stereocenters. The van der Waals surface area contributed by atoms with Gasteiger partial charge in [0.1, 0.15) is 0 Å². The minimum absolute atomic E-state index is 0.592. The molecule has 1 atom stereocenters. The Hall–Kier alpha value is -0.120. The van der Waals surface area contributed by atoms with Gasteiger partial charge in [0.15, 0.2) is 0 Å². The summed E-state index contributed by atoms with van der Waals surface area (Å²) in [6.07, 6.45) is 3.25. The van der Waals surface area contributed by atoms with Crippen molar-refractivity contribution in [2.24, 2.45) is 5.92 Å². The van der Waals surface area contributed by atoms with Crippen molar-refractivity contribution < 1.29 is 9.84 Å². The van der Waals surface area contributed by atoms with E-state index in [1.807, 2.05) is 13.8 Å². The van der Waals surface area contributed by atoms with Crippen LogP contribution in [0.4, 0.5) is 0 Å². The number of hydrogen-bond acceptors (Lipinski definition) is 3. The third-order valence-electron chi connectivity index (χ3n) is 2.61. The molecule has 1 aliphatic rings. The number of ether oxygens (including phenoxy) is 1. The Morgan fingerprint density at radius 2 is 2.29 bits per heavy atom. The van der Waals surface area contributed by atoms with Crippen LogP contribution in [-0.4, -0.2) is 37.0 Å². The van der Waals surface area contributed by atoms with Crippen molar-refractivity contribution in [1.82, 2.24) is 5.32 Å². The maximum absolute atomic E-state index is 9.46. The Morgan fingerprint density at radius 1 is 1.50 bits per heavy atom. The standard InChI is InChI=1S/C11H23NO2/c1-11(2,13)5-7-14-9-10-4-3-6-12-8-10/h10,12-13H,3-9H2,1-2H3. The van der Waals surface area contributed by atoms with Crippen LogP contribution in [0.25, 0.3) is 0 Å². The van der Waals surface area contributed by atoms with Crippen molar-refractivity contribution in [3.63, 3.8) is 0 Å². The molecule has 14 heavy (non-hydrogen) atoms. The lowest BCUT2D eigenvalue weighted by atomic mass is 10.0. The molecular weight excluding hydrogens is 178 g/mol. The highest BCUT2D eigenvalue weighted by Crippen LogP contribution is 2.11. The van der Waals surface area contributed by atoms with Gasteiger partial charge in [-0.2, -0.15) is 0 Å². The fourth-order valence-corrected chi connectivity index (χ4v) is 1.64. The molecule has 3 nitrogen and oxygen atoms in total. The Morgan fingerprint density at radius 3 is 2.86 bits per heavy atom. The molecule has 0 radical (unpaired) electrons. The summed E-state index contributed by atoms with van der Waals surface area (Å²) < 4.78 is 5.55. The van der Waals surface area contributed by atoms with E-state index in [0.717, 1.165) is 19.7 Å². The van der Waals surface area contributed by atoms with Crippen LogP contribution < -0.4 is 5.32 Å². The molecule has 0 aliphatic carbocycles. The molecule has 1 fully saturated rings. The minimum atomic E-state index is -0.592. The monoisotopic (exact) mass is 201 g/mol. The predicted molar refractivity (Wildman–Crippen MR) is 57.3 cm³/mol. The second-order valence-electron chi connectivity index (χ2n) is 4.85. The van der Waals surface area contributed by atoms with E-state index >= 15 is 0 Å². The Balaban J connectivity index is 1.97. The number of hydrogen-bond donors (Lipinski definition) is 2. The summed E-state index contributed by atoms with van der Waals surface area (Å²) in [7, 11) is 0. The Bertz CT molecular complexity index is 148. The molecule has 3 heteroatoms. The first-order chi connectivity index (χ1) is 6.58. The number of rotatable bonds is 5. The van der Waals surface area contributed by atoms with Crippen LogP contribution in [0.15, 0.2) is 0 Å². The third-order valence-corrected chi connectivity index (χ3v) is 2.61. The zero-order valence-electron chi connectivity index (χ0n) is 9.38. The molecular formula is C11H23NO2. The molecule has 1 saturated heterocycles. The number of aliphatic hydroxyl groups is 1. The summed E-state index contributed by atoms with van der Waals surface area (Å²) in [5, 5.41) is 12.8. The maximum atomic E-state index is 9.46. The van der Waals surface area contributed by atoms with Gasteiger partial charge in [0.2, 0.25) is 0 Å². The van der Waals surface area contributed by atoms with Crippen LogP contribution >= 0.6 is 0 Å². The highest BCUT2D eigenvalue weighted by Gasteiger charge is 2.15. The quantitative estimate of drug-likeness (QED) is 0.656. The first-order valence-electron chi connectivity index (χ1n) is 5.59. The van der Waals surface area contributed by atoms with E-state index in [4.69, 9.17) is 4.74 Å². The van der Waals surface area contributed by atoms with Gasteiger partial charge < -0.3 is 15.2 Å². The summed E-state index contributed by atoms with van der Waals surface area (Å²) in [6, 6.07) is 0. The van der Waals surface area contributed by atoms with E-state index in [1.54, 1.807) is 0 Å². The smallest absolute Gasteiger partial charge is 0.0613 e. The second kappa shape index (κ2) is 5.69. The summed E-state index contributed by atoms with van der Waals surface area (Å²) >= 11 is 0. The molecule has 0 spiro atoms. The van der Waals surface area contributed by atoms with Crippen molar-refractivity contribution in [1.29, 1.82) is 0 Å². The van der Waals surface area contributed by atoms with Gasteiger partial charge in [0.25, 0.3) is 0 Å². The Kier molecular flexibility index (Phi) is 4.85. The van der Waals surface area contributed by atoms with Crippen LogP contribution in [0.3, 0.4) is 0 Å². The van der Waals surface area contributed by atoms with Crippen molar-refractivity contribution in [2.45, 2.75) is 38.7 Å². The molecule has 2 N–H and O–H groups in total. The van der Waals surface area contributed by atoms with Crippen LogP contribution in [0.2, 0.25) is 0 Å². The molecule has 0 saturated carbocycles. The zero-order valence-corrected chi connectivity index (χ0v) is 9.38. The van der Waals surface area contributed by atoms with Gasteiger partial charge in [0, 0.05) is 13.2 Å². The van der Waals surface area contributed by atoms with Crippen molar-refractivity contribution in [3.8, 4) is 0 Å². The summed E-state index contributed by atoms with van der Waals surface area (Å²) in [5.74, 6) is 0.672. The maximum Gasteiger partial charge on any atom is 0.0613 e. The molecule has 0 aromatic carbocycles. The summed E-state index contributed by atoms with van der Waals surface area (Å²) in [4.78, 5) is 0. The fraction of sp³-hybridized carbons (Fsp3) is 1.00. The molecule has 0 aromatic rings. The lowest BCUT2D eigenvalue weighted by molar-refractivity contribution is 0.0173. The molecule has 1 rings (SSSR count). The first-order valence-corrected chi connectivity index (χ1v) is 5.59. The highest BCUT2D eigenvalue weighted by molar-refractivity contribution is 4.69. The van der Waals surface area contributed by atoms with Crippen LogP contribution in [0.1, 0.15) is 33.1 Å². The lowest BCUT2D eigenvalue weighted by Gasteiger charge is -2.23. The normalized spacial score (nSPS) is 23.8. The van der Waals surface area contributed by atoms with Crippen molar-refractivity contribution >= 4 is 0 Å². The largest absolute Gasteiger partial charge is 0.390 e.